The van der Waals surface area contributed by atoms with Gasteiger partial charge < -0.3 is 0 Å². The molecule has 0 fully saturated rings. The zero-order chi connectivity index (χ0) is 11.4. The van der Waals surface area contributed by atoms with Gasteiger partial charge in [-0.3, -0.25) is 14.9 Å². The second kappa shape index (κ2) is 4.66. The predicted octanol–water partition coefficient (Wildman–Crippen LogP) is 2.96. The molecule has 2 aromatic rings. The summed E-state index contributed by atoms with van der Waals surface area (Å²) in [4.78, 5) is 11.4. The summed E-state index contributed by atoms with van der Waals surface area (Å²) in [5.41, 5.74) is 4.90. The number of ketones is 1. The van der Waals surface area contributed by atoms with Crippen molar-refractivity contribution < 1.29 is 4.79 Å². The van der Waals surface area contributed by atoms with E-state index in [-0.39, 0.29) is 5.78 Å². The van der Waals surface area contributed by atoms with Crippen molar-refractivity contribution in [2.24, 2.45) is 0 Å². The smallest absolute Gasteiger partial charge is 0.162 e. The third-order valence-electron chi connectivity index (χ3n) is 2.39. The molecule has 0 aliphatic heterocycles. The molecule has 0 aliphatic rings. The lowest BCUT2D eigenvalue weighted by molar-refractivity contribution is 0.0988. The average molecular weight is 214 g/mol. The van der Waals surface area contributed by atoms with Crippen LogP contribution in [0.4, 0.5) is 5.69 Å². The van der Waals surface area contributed by atoms with Crippen LogP contribution in [0, 0.1) is 0 Å². The summed E-state index contributed by atoms with van der Waals surface area (Å²) in [5.74, 6) is 0.174. The zero-order valence-corrected chi connectivity index (χ0v) is 9.18. The molecule has 1 aromatic carbocycles. The number of hydrogen-bond acceptors (Lipinski definition) is 2. The van der Waals surface area contributed by atoms with Gasteiger partial charge in [-0.25, -0.2) is 0 Å². The summed E-state index contributed by atoms with van der Waals surface area (Å²) in [6.07, 6.45) is 4.39. The molecule has 2 rings (SSSR count). The molecule has 0 aliphatic carbocycles. The van der Waals surface area contributed by atoms with Crippen molar-refractivity contribution in [3.05, 3.63) is 54.4 Å². The lowest BCUT2D eigenvalue weighted by Crippen LogP contribution is -2.05. The van der Waals surface area contributed by atoms with Crippen molar-refractivity contribution in [3.8, 4) is 0 Å². The van der Waals surface area contributed by atoms with Gasteiger partial charge in [0.15, 0.2) is 5.78 Å². The number of rotatable bonds is 4. The van der Waals surface area contributed by atoms with Crippen LogP contribution in [-0.2, 0) is 0 Å². The summed E-state index contributed by atoms with van der Waals surface area (Å²) in [7, 11) is 0. The van der Waals surface area contributed by atoms with Gasteiger partial charge in [-0.1, -0.05) is 6.92 Å². The molecule has 1 aromatic heterocycles. The number of Topliss-reactive ketones (excluding diaryl/α,β-unsaturated/α-hetero) is 1. The summed E-state index contributed by atoms with van der Waals surface area (Å²) in [5, 5.41) is 0. The Morgan fingerprint density at radius 3 is 2.38 bits per heavy atom. The number of aromatic nitrogens is 1. The maximum Gasteiger partial charge on any atom is 0.162 e. The second-order valence-corrected chi connectivity index (χ2v) is 3.56. The van der Waals surface area contributed by atoms with E-state index in [0.29, 0.717) is 6.42 Å². The lowest BCUT2D eigenvalue weighted by atomic mass is 10.1. The van der Waals surface area contributed by atoms with Gasteiger partial charge >= 0.3 is 0 Å². The minimum absolute atomic E-state index is 0.174. The maximum atomic E-state index is 11.4. The van der Waals surface area contributed by atoms with Crippen molar-refractivity contribution >= 4 is 11.5 Å². The van der Waals surface area contributed by atoms with Crippen LogP contribution in [0.25, 0.3) is 0 Å². The van der Waals surface area contributed by atoms with Gasteiger partial charge in [0.25, 0.3) is 0 Å². The molecule has 1 heterocycles. The number of benzene rings is 1. The molecular formula is C13H14N2O. The first kappa shape index (κ1) is 10.5. The molecule has 0 amide bonds. The standard InChI is InChI=1S/C13H14N2O/c1-2-13(16)11-5-7-12(8-6-11)14-15-9-3-4-10-15/h3-10,14H,2H2,1H3. The van der Waals surface area contributed by atoms with E-state index in [0.717, 1.165) is 11.3 Å². The largest absolute Gasteiger partial charge is 0.295 e. The van der Waals surface area contributed by atoms with Gasteiger partial charge in [0, 0.05) is 24.4 Å². The zero-order valence-electron chi connectivity index (χ0n) is 9.18. The Balaban J connectivity index is 2.10. The van der Waals surface area contributed by atoms with Crippen LogP contribution in [0.3, 0.4) is 0 Å². The van der Waals surface area contributed by atoms with E-state index in [9.17, 15) is 4.79 Å². The topological polar surface area (TPSA) is 34.0 Å². The molecule has 0 radical (unpaired) electrons. The highest BCUT2D eigenvalue weighted by Crippen LogP contribution is 2.11. The quantitative estimate of drug-likeness (QED) is 0.794. The van der Waals surface area contributed by atoms with Crippen LogP contribution in [0.15, 0.2) is 48.8 Å². The van der Waals surface area contributed by atoms with E-state index in [1.165, 1.54) is 0 Å². The Hall–Kier alpha value is -2.03. The number of hydrogen-bond donors (Lipinski definition) is 1. The first-order valence-electron chi connectivity index (χ1n) is 5.33. The number of carbonyl (C=O) groups is 1. The van der Waals surface area contributed by atoms with E-state index in [1.54, 1.807) is 0 Å². The fourth-order valence-electron chi connectivity index (χ4n) is 1.49. The fraction of sp³-hybridized carbons (Fsp3) is 0.154. The maximum absolute atomic E-state index is 11.4. The molecule has 0 saturated heterocycles. The Bertz CT molecular complexity index is 457. The van der Waals surface area contributed by atoms with Gasteiger partial charge in [0.2, 0.25) is 0 Å². The lowest BCUT2D eigenvalue weighted by Gasteiger charge is -2.07. The highest BCUT2D eigenvalue weighted by molar-refractivity contribution is 5.96. The number of anilines is 1. The van der Waals surface area contributed by atoms with Crippen molar-refractivity contribution in [1.29, 1.82) is 0 Å². The first-order chi connectivity index (χ1) is 7.79. The number of nitrogens with zero attached hydrogens (tertiary/aromatic N) is 1. The molecule has 0 unspecified atom stereocenters. The van der Waals surface area contributed by atoms with Gasteiger partial charge in [-0.15, -0.1) is 0 Å². The van der Waals surface area contributed by atoms with E-state index >= 15 is 0 Å². The minimum Gasteiger partial charge on any atom is -0.295 e. The molecule has 0 saturated carbocycles. The highest BCUT2D eigenvalue weighted by atomic mass is 16.1. The molecule has 3 heteroatoms. The van der Waals surface area contributed by atoms with Crippen LogP contribution in [0.1, 0.15) is 23.7 Å². The molecule has 0 bridgehead atoms. The van der Waals surface area contributed by atoms with Gasteiger partial charge in [0.05, 0.1) is 5.69 Å². The highest BCUT2D eigenvalue weighted by Gasteiger charge is 2.01. The van der Waals surface area contributed by atoms with Crippen molar-refractivity contribution in [2.75, 3.05) is 5.43 Å². The molecule has 16 heavy (non-hydrogen) atoms. The van der Waals surface area contributed by atoms with Crippen molar-refractivity contribution in [2.45, 2.75) is 13.3 Å². The van der Waals surface area contributed by atoms with E-state index in [2.05, 4.69) is 5.43 Å². The van der Waals surface area contributed by atoms with Crippen LogP contribution in [-0.4, -0.2) is 10.5 Å². The second-order valence-electron chi connectivity index (χ2n) is 3.56. The SMILES string of the molecule is CCC(=O)c1ccc(Nn2cccc2)cc1. The third-order valence-corrected chi connectivity index (χ3v) is 2.39. The average Bonchev–Trinajstić information content (AvgIpc) is 2.82. The Morgan fingerprint density at radius 2 is 1.81 bits per heavy atom. The molecule has 1 N–H and O–H groups in total. The van der Waals surface area contributed by atoms with Gasteiger partial charge in [-0.2, -0.15) is 0 Å². The van der Waals surface area contributed by atoms with Crippen LogP contribution < -0.4 is 5.43 Å². The van der Waals surface area contributed by atoms with E-state index in [4.69, 9.17) is 0 Å². The van der Waals surface area contributed by atoms with Crippen LogP contribution >= 0.6 is 0 Å². The predicted molar refractivity (Wildman–Crippen MR) is 64.5 cm³/mol. The molecule has 0 atom stereocenters. The van der Waals surface area contributed by atoms with E-state index in [1.807, 2.05) is 60.4 Å². The third kappa shape index (κ3) is 2.31. The van der Waals surface area contributed by atoms with Gasteiger partial charge in [-0.05, 0) is 36.4 Å². The molecule has 3 nitrogen and oxygen atoms in total. The minimum atomic E-state index is 0.174. The monoisotopic (exact) mass is 214 g/mol. The summed E-state index contributed by atoms with van der Waals surface area (Å²) >= 11 is 0. The normalized spacial score (nSPS) is 10.1. The number of nitrogens with one attached hydrogen (secondary N) is 1. The summed E-state index contributed by atoms with van der Waals surface area (Å²) < 4.78 is 1.86. The Labute approximate surface area is 94.7 Å². The van der Waals surface area contributed by atoms with Crippen molar-refractivity contribution in [1.82, 2.24) is 4.68 Å². The molecular weight excluding hydrogens is 200 g/mol. The van der Waals surface area contributed by atoms with Crippen LogP contribution in [0.2, 0.25) is 0 Å². The van der Waals surface area contributed by atoms with Crippen LogP contribution in [0.5, 0.6) is 0 Å². The van der Waals surface area contributed by atoms with Gasteiger partial charge in [0.1, 0.15) is 0 Å². The molecule has 0 spiro atoms. The van der Waals surface area contributed by atoms with Crippen molar-refractivity contribution in [3.63, 3.8) is 0 Å². The first-order valence-corrected chi connectivity index (χ1v) is 5.33. The number of carbonyl (C=O) groups excluding carboxylic acids is 1. The Kier molecular flexibility index (Phi) is 3.05. The fourth-order valence-corrected chi connectivity index (χ4v) is 1.49. The summed E-state index contributed by atoms with van der Waals surface area (Å²) in [6, 6.07) is 11.4. The Morgan fingerprint density at radius 1 is 1.19 bits per heavy atom. The van der Waals surface area contributed by atoms with E-state index < -0.39 is 0 Å². The summed E-state index contributed by atoms with van der Waals surface area (Å²) in [6.45, 7) is 1.87. The molecule has 82 valence electrons.